The van der Waals surface area contributed by atoms with Crippen LogP contribution in [0.3, 0.4) is 0 Å². The van der Waals surface area contributed by atoms with Gasteiger partial charge in [0.05, 0.1) is 35.7 Å². The number of aromatic nitrogens is 2. The van der Waals surface area contributed by atoms with E-state index < -0.39 is 0 Å². The second kappa shape index (κ2) is 6.18. The van der Waals surface area contributed by atoms with Crippen molar-refractivity contribution >= 4 is 17.2 Å². The van der Waals surface area contributed by atoms with E-state index in [0.29, 0.717) is 24.5 Å². The number of aryl methyl sites for hydroxylation is 3. The zero-order valence-corrected chi connectivity index (χ0v) is 13.7. The summed E-state index contributed by atoms with van der Waals surface area (Å²) in [6.07, 6.45) is 0.715. The van der Waals surface area contributed by atoms with Crippen LogP contribution in [-0.4, -0.2) is 35.3 Å². The zero-order chi connectivity index (χ0) is 15.7. The van der Waals surface area contributed by atoms with Gasteiger partial charge in [-0.1, -0.05) is 5.16 Å². The van der Waals surface area contributed by atoms with E-state index in [1.165, 1.54) is 11.3 Å². The van der Waals surface area contributed by atoms with E-state index in [1.807, 2.05) is 26.8 Å². The Hall–Kier alpha value is -1.73. The van der Waals surface area contributed by atoms with Gasteiger partial charge < -0.3 is 14.6 Å². The van der Waals surface area contributed by atoms with E-state index in [-0.39, 0.29) is 17.9 Å². The quantitative estimate of drug-likeness (QED) is 0.932. The minimum Gasteiger partial charge on any atom is -0.379 e. The Bertz CT molecular complexity index is 679. The number of carbonyl (C=O) groups is 1. The van der Waals surface area contributed by atoms with Crippen LogP contribution in [0.2, 0.25) is 0 Å². The molecule has 1 fully saturated rings. The van der Waals surface area contributed by atoms with Crippen molar-refractivity contribution in [1.82, 2.24) is 15.5 Å². The Balaban J connectivity index is 1.66. The first kappa shape index (κ1) is 15.2. The van der Waals surface area contributed by atoms with Gasteiger partial charge in [-0.15, -0.1) is 11.3 Å². The Morgan fingerprint density at radius 1 is 1.41 bits per heavy atom. The summed E-state index contributed by atoms with van der Waals surface area (Å²) in [6, 6.07) is 1.91. The van der Waals surface area contributed by atoms with E-state index in [4.69, 9.17) is 9.26 Å². The van der Waals surface area contributed by atoms with E-state index in [1.54, 1.807) is 0 Å². The molecule has 1 aliphatic heterocycles. The molecule has 0 saturated carbocycles. The smallest absolute Gasteiger partial charge is 0.263 e. The van der Waals surface area contributed by atoms with Crippen molar-refractivity contribution in [2.45, 2.75) is 33.2 Å². The van der Waals surface area contributed by atoms with Gasteiger partial charge in [0.15, 0.2) is 0 Å². The van der Waals surface area contributed by atoms with E-state index in [0.717, 1.165) is 22.2 Å². The molecule has 0 unspecified atom stereocenters. The Morgan fingerprint density at radius 2 is 2.23 bits per heavy atom. The lowest BCUT2D eigenvalue weighted by atomic mass is 9.98. The number of carbonyl (C=O) groups excluding carboxylic acids is 1. The Morgan fingerprint density at radius 3 is 2.86 bits per heavy atom. The first-order valence-electron chi connectivity index (χ1n) is 7.27. The van der Waals surface area contributed by atoms with E-state index >= 15 is 0 Å². The van der Waals surface area contributed by atoms with Gasteiger partial charge in [-0.05, 0) is 20.8 Å². The topological polar surface area (TPSA) is 77.2 Å². The summed E-state index contributed by atoms with van der Waals surface area (Å²) in [4.78, 5) is 17.4. The average molecular weight is 321 g/mol. The Labute approximate surface area is 132 Å². The fourth-order valence-electron chi connectivity index (χ4n) is 2.71. The molecule has 3 rings (SSSR count). The molecule has 2 aromatic heterocycles. The molecule has 22 heavy (non-hydrogen) atoms. The maximum Gasteiger partial charge on any atom is 0.263 e. The molecule has 0 radical (unpaired) electrons. The molecule has 1 aliphatic rings. The molecule has 0 aliphatic carbocycles. The summed E-state index contributed by atoms with van der Waals surface area (Å²) in [6.45, 7) is 6.80. The lowest BCUT2D eigenvalue weighted by Gasteiger charge is -2.17. The monoisotopic (exact) mass is 321 g/mol. The molecule has 0 spiro atoms. The first-order chi connectivity index (χ1) is 10.5. The zero-order valence-electron chi connectivity index (χ0n) is 12.9. The van der Waals surface area contributed by atoms with Gasteiger partial charge in [0.1, 0.15) is 10.6 Å². The van der Waals surface area contributed by atoms with Gasteiger partial charge in [0.2, 0.25) is 0 Å². The standard InChI is InChI=1S/C15H19N3O3S/c1-8-4-12(21-18-8)5-11-6-20-7-13(11)17-15(19)14-9(2)16-10(3)22-14/h4,11,13H,5-7H2,1-3H3,(H,17,19)/t11-,13+/m1/s1. The lowest BCUT2D eigenvalue weighted by molar-refractivity contribution is 0.0928. The van der Waals surface area contributed by atoms with Gasteiger partial charge in [-0.2, -0.15) is 0 Å². The highest BCUT2D eigenvalue weighted by atomic mass is 32.1. The largest absolute Gasteiger partial charge is 0.379 e. The molecule has 118 valence electrons. The molecule has 1 N–H and O–H groups in total. The van der Waals surface area contributed by atoms with Gasteiger partial charge >= 0.3 is 0 Å². The van der Waals surface area contributed by atoms with E-state index in [9.17, 15) is 4.79 Å². The molecule has 0 aromatic carbocycles. The number of thiazole rings is 1. The van der Waals surface area contributed by atoms with Crippen LogP contribution < -0.4 is 5.32 Å². The van der Waals surface area contributed by atoms with Gasteiger partial charge in [0.25, 0.3) is 5.91 Å². The van der Waals surface area contributed by atoms with Crippen LogP contribution in [0.5, 0.6) is 0 Å². The van der Waals surface area contributed by atoms with Gasteiger partial charge in [-0.25, -0.2) is 4.98 Å². The summed E-state index contributed by atoms with van der Waals surface area (Å²) >= 11 is 1.42. The second-order valence-corrected chi connectivity index (χ2v) is 6.87. The van der Waals surface area contributed by atoms with Crippen molar-refractivity contribution in [3.63, 3.8) is 0 Å². The van der Waals surface area contributed by atoms with Crippen LogP contribution in [0.15, 0.2) is 10.6 Å². The maximum atomic E-state index is 12.4. The second-order valence-electron chi connectivity index (χ2n) is 5.66. The van der Waals surface area contributed by atoms with Crippen molar-refractivity contribution in [2.24, 2.45) is 5.92 Å². The third kappa shape index (κ3) is 3.20. The van der Waals surface area contributed by atoms with E-state index in [2.05, 4.69) is 15.5 Å². The maximum absolute atomic E-state index is 12.4. The molecular weight excluding hydrogens is 302 g/mol. The molecule has 0 bridgehead atoms. The van der Waals surface area contributed by atoms with Crippen LogP contribution in [0.25, 0.3) is 0 Å². The average Bonchev–Trinajstić information content (AvgIpc) is 3.13. The minimum absolute atomic E-state index is 0.0142. The third-order valence-corrected chi connectivity index (χ3v) is 4.84. The first-order valence-corrected chi connectivity index (χ1v) is 8.09. The number of nitrogens with one attached hydrogen (secondary N) is 1. The number of nitrogens with zero attached hydrogens (tertiary/aromatic N) is 2. The van der Waals surface area contributed by atoms with Crippen molar-refractivity contribution in [3.8, 4) is 0 Å². The summed E-state index contributed by atoms with van der Waals surface area (Å²) in [7, 11) is 0. The highest BCUT2D eigenvalue weighted by Gasteiger charge is 2.31. The lowest BCUT2D eigenvalue weighted by Crippen LogP contribution is -2.40. The van der Waals surface area contributed by atoms with Crippen LogP contribution in [0.4, 0.5) is 0 Å². The van der Waals surface area contributed by atoms with Gasteiger partial charge in [0, 0.05) is 18.4 Å². The van der Waals surface area contributed by atoms with Crippen LogP contribution >= 0.6 is 11.3 Å². The number of hydrogen-bond acceptors (Lipinski definition) is 6. The fraction of sp³-hybridized carbons (Fsp3) is 0.533. The summed E-state index contributed by atoms with van der Waals surface area (Å²) in [5.74, 6) is 0.958. The molecule has 2 atom stereocenters. The number of ether oxygens (including phenoxy) is 1. The SMILES string of the molecule is Cc1cc(C[C@@H]2COC[C@@H]2NC(=O)c2sc(C)nc2C)on1. The number of hydrogen-bond donors (Lipinski definition) is 1. The van der Waals surface area contributed by atoms with Crippen molar-refractivity contribution in [2.75, 3.05) is 13.2 Å². The summed E-state index contributed by atoms with van der Waals surface area (Å²) in [5, 5.41) is 7.87. The number of amides is 1. The van der Waals surface area contributed by atoms with Gasteiger partial charge in [-0.3, -0.25) is 4.79 Å². The molecular formula is C15H19N3O3S. The van der Waals surface area contributed by atoms with Crippen LogP contribution in [0.1, 0.15) is 31.8 Å². The highest BCUT2D eigenvalue weighted by molar-refractivity contribution is 7.13. The molecule has 6 nitrogen and oxygen atoms in total. The predicted octanol–water partition coefficient (Wildman–Crippen LogP) is 2.04. The molecule has 1 saturated heterocycles. The summed E-state index contributed by atoms with van der Waals surface area (Å²) < 4.78 is 10.8. The van der Waals surface area contributed by atoms with Crippen molar-refractivity contribution < 1.29 is 14.1 Å². The third-order valence-electron chi connectivity index (χ3n) is 3.76. The highest BCUT2D eigenvalue weighted by Crippen LogP contribution is 2.22. The number of rotatable bonds is 4. The normalized spacial score (nSPS) is 21.2. The van der Waals surface area contributed by atoms with Crippen molar-refractivity contribution in [1.29, 1.82) is 0 Å². The Kier molecular flexibility index (Phi) is 4.26. The molecule has 7 heteroatoms. The fourth-order valence-corrected chi connectivity index (χ4v) is 3.53. The van der Waals surface area contributed by atoms with Crippen LogP contribution in [-0.2, 0) is 11.2 Å². The minimum atomic E-state index is -0.0719. The molecule has 2 aromatic rings. The van der Waals surface area contributed by atoms with Crippen LogP contribution in [0, 0.1) is 26.7 Å². The van der Waals surface area contributed by atoms with Crippen molar-refractivity contribution in [3.05, 3.63) is 33.1 Å². The summed E-state index contributed by atoms with van der Waals surface area (Å²) in [5.41, 5.74) is 1.64. The predicted molar refractivity (Wildman–Crippen MR) is 82.1 cm³/mol. The molecule has 1 amide bonds. The molecule has 3 heterocycles.